The molecule has 0 aromatic carbocycles. The average molecular weight is 224 g/mol. The highest BCUT2D eigenvalue weighted by atomic mass is 16.4. The zero-order valence-electron chi connectivity index (χ0n) is 10.9. The Hall–Kier alpha value is -0.830. The lowest BCUT2D eigenvalue weighted by Gasteiger charge is -2.13. The lowest BCUT2D eigenvalue weighted by Crippen LogP contribution is -2.25. The van der Waals surface area contributed by atoms with Crippen molar-refractivity contribution in [2.24, 2.45) is 5.92 Å². The topological polar surface area (TPSA) is 38.1 Å². The van der Waals surface area contributed by atoms with Gasteiger partial charge in [-0.05, 0) is 25.7 Å². The molecule has 1 atom stereocenters. The van der Waals surface area contributed by atoms with Crippen LogP contribution in [-0.2, 0) is 13.0 Å². The maximum absolute atomic E-state index is 5.54. The lowest BCUT2D eigenvalue weighted by molar-refractivity contribution is 0.399. The smallest absolute Gasteiger partial charge is 0.208 e. The summed E-state index contributed by atoms with van der Waals surface area (Å²) in [5, 5.41) is 3.44. The van der Waals surface area contributed by atoms with Gasteiger partial charge in [0.2, 0.25) is 5.89 Å². The molecule has 0 fully saturated rings. The van der Waals surface area contributed by atoms with Gasteiger partial charge in [0.1, 0.15) is 5.76 Å². The molecule has 1 rings (SSSR count). The van der Waals surface area contributed by atoms with Gasteiger partial charge in [0.25, 0.3) is 0 Å². The number of hydrogen-bond donors (Lipinski definition) is 1. The second-order valence-electron chi connectivity index (χ2n) is 4.83. The van der Waals surface area contributed by atoms with Crippen molar-refractivity contribution >= 4 is 0 Å². The molecule has 1 unspecified atom stereocenters. The summed E-state index contributed by atoms with van der Waals surface area (Å²) in [7, 11) is 0. The van der Waals surface area contributed by atoms with E-state index in [1.165, 1.54) is 12.8 Å². The van der Waals surface area contributed by atoms with Crippen LogP contribution in [0.4, 0.5) is 0 Å². The van der Waals surface area contributed by atoms with Crippen LogP contribution >= 0.6 is 0 Å². The summed E-state index contributed by atoms with van der Waals surface area (Å²) in [5.74, 6) is 2.54. The molecule has 1 aromatic heterocycles. The van der Waals surface area contributed by atoms with Crippen molar-refractivity contribution in [3.05, 3.63) is 17.8 Å². The van der Waals surface area contributed by atoms with Gasteiger partial charge in [0, 0.05) is 12.5 Å². The fraction of sp³-hybridized carbons (Fsp3) is 0.769. The molecule has 3 heteroatoms. The minimum atomic E-state index is 0.527. The van der Waals surface area contributed by atoms with Crippen LogP contribution in [0.25, 0.3) is 0 Å². The Labute approximate surface area is 98.6 Å². The molecular weight excluding hydrogens is 200 g/mol. The summed E-state index contributed by atoms with van der Waals surface area (Å²) in [4.78, 5) is 4.23. The zero-order valence-corrected chi connectivity index (χ0v) is 10.9. The number of oxazole rings is 1. The Kier molecular flexibility index (Phi) is 5.53. The number of hydrogen-bond acceptors (Lipinski definition) is 3. The van der Waals surface area contributed by atoms with Gasteiger partial charge in [-0.1, -0.05) is 20.8 Å². The number of nitrogens with zero attached hydrogens (tertiary/aromatic N) is 1. The first-order valence-electron chi connectivity index (χ1n) is 6.28. The molecule has 0 saturated heterocycles. The van der Waals surface area contributed by atoms with E-state index in [1.54, 1.807) is 0 Å². The molecular formula is C13H24N2O. The molecule has 3 nitrogen and oxygen atoms in total. The van der Waals surface area contributed by atoms with Gasteiger partial charge in [-0.25, -0.2) is 4.98 Å². The van der Waals surface area contributed by atoms with E-state index in [9.17, 15) is 0 Å². The minimum absolute atomic E-state index is 0.527. The van der Waals surface area contributed by atoms with Crippen molar-refractivity contribution in [2.75, 3.05) is 0 Å². The fourth-order valence-electron chi connectivity index (χ4n) is 1.54. The Morgan fingerprint density at radius 2 is 2.06 bits per heavy atom. The normalized spacial score (nSPS) is 13.3. The van der Waals surface area contributed by atoms with Gasteiger partial charge in [-0.3, -0.25) is 0 Å². The number of aryl methyl sites for hydroxylation is 1. The molecule has 1 aromatic rings. The van der Waals surface area contributed by atoms with Gasteiger partial charge in [-0.2, -0.15) is 0 Å². The van der Waals surface area contributed by atoms with Crippen molar-refractivity contribution in [1.82, 2.24) is 10.3 Å². The summed E-state index contributed by atoms with van der Waals surface area (Å²) >= 11 is 0. The summed E-state index contributed by atoms with van der Waals surface area (Å²) in [5.41, 5.74) is 0. The van der Waals surface area contributed by atoms with Gasteiger partial charge in [0.15, 0.2) is 0 Å². The molecule has 0 bridgehead atoms. The van der Waals surface area contributed by atoms with E-state index in [1.807, 2.05) is 6.20 Å². The zero-order chi connectivity index (χ0) is 12.0. The van der Waals surface area contributed by atoms with E-state index < -0.39 is 0 Å². The van der Waals surface area contributed by atoms with Crippen molar-refractivity contribution in [2.45, 2.75) is 59.5 Å². The fourth-order valence-corrected chi connectivity index (χ4v) is 1.54. The predicted octanol–water partition coefficient (Wildman–Crippen LogP) is 3.15. The quantitative estimate of drug-likeness (QED) is 0.773. The Bertz CT molecular complexity index is 294. The lowest BCUT2D eigenvalue weighted by atomic mass is 10.0. The van der Waals surface area contributed by atoms with E-state index in [4.69, 9.17) is 4.42 Å². The standard InChI is InChI=1S/C13H24N2O/c1-5-12-8-15-13(16-12)9-14-11(4)7-6-10(2)3/h8,10-11,14H,5-7,9H2,1-4H3. The highest BCUT2D eigenvalue weighted by Gasteiger charge is 2.06. The third-order valence-corrected chi connectivity index (χ3v) is 2.73. The summed E-state index contributed by atoms with van der Waals surface area (Å²) < 4.78 is 5.54. The van der Waals surface area contributed by atoms with Crippen molar-refractivity contribution in [3.63, 3.8) is 0 Å². The maximum Gasteiger partial charge on any atom is 0.208 e. The van der Waals surface area contributed by atoms with Gasteiger partial charge in [-0.15, -0.1) is 0 Å². The first-order chi connectivity index (χ1) is 7.61. The van der Waals surface area contributed by atoms with Crippen LogP contribution < -0.4 is 5.32 Å². The van der Waals surface area contributed by atoms with Crippen LogP contribution in [0.15, 0.2) is 10.6 Å². The number of nitrogens with one attached hydrogen (secondary N) is 1. The Morgan fingerprint density at radius 1 is 1.31 bits per heavy atom. The maximum atomic E-state index is 5.54. The second kappa shape index (κ2) is 6.69. The SMILES string of the molecule is CCc1cnc(CNC(C)CCC(C)C)o1. The van der Waals surface area contributed by atoms with Crippen LogP contribution in [0.1, 0.15) is 52.2 Å². The summed E-state index contributed by atoms with van der Waals surface area (Å²) in [6.07, 6.45) is 5.20. The molecule has 0 saturated carbocycles. The van der Waals surface area contributed by atoms with E-state index >= 15 is 0 Å². The predicted molar refractivity (Wildman–Crippen MR) is 66.3 cm³/mol. The molecule has 1 N–H and O–H groups in total. The largest absolute Gasteiger partial charge is 0.444 e. The van der Waals surface area contributed by atoms with E-state index in [0.717, 1.165) is 30.5 Å². The van der Waals surface area contributed by atoms with Gasteiger partial charge in [0.05, 0.1) is 12.7 Å². The molecule has 92 valence electrons. The van der Waals surface area contributed by atoms with Crippen LogP contribution in [0, 0.1) is 5.92 Å². The molecule has 0 aliphatic carbocycles. The molecule has 1 heterocycles. The highest BCUT2D eigenvalue weighted by molar-refractivity contribution is 4.93. The summed E-state index contributed by atoms with van der Waals surface area (Å²) in [6.45, 7) is 9.54. The van der Waals surface area contributed by atoms with E-state index in [2.05, 4.69) is 38.0 Å². The molecule has 0 radical (unpaired) electrons. The van der Waals surface area contributed by atoms with E-state index in [0.29, 0.717) is 6.04 Å². The monoisotopic (exact) mass is 224 g/mol. The second-order valence-corrected chi connectivity index (χ2v) is 4.83. The van der Waals surface area contributed by atoms with Crippen LogP contribution in [0.5, 0.6) is 0 Å². The van der Waals surface area contributed by atoms with Crippen LogP contribution in [0.3, 0.4) is 0 Å². The minimum Gasteiger partial charge on any atom is -0.444 e. The molecule has 0 aliphatic heterocycles. The first kappa shape index (κ1) is 13.2. The first-order valence-corrected chi connectivity index (χ1v) is 6.28. The average Bonchev–Trinajstić information content (AvgIpc) is 2.71. The van der Waals surface area contributed by atoms with Crippen LogP contribution in [-0.4, -0.2) is 11.0 Å². The van der Waals surface area contributed by atoms with Crippen molar-refractivity contribution in [3.8, 4) is 0 Å². The Morgan fingerprint density at radius 3 is 2.62 bits per heavy atom. The number of aromatic nitrogens is 1. The van der Waals surface area contributed by atoms with E-state index in [-0.39, 0.29) is 0 Å². The van der Waals surface area contributed by atoms with Gasteiger partial charge >= 0.3 is 0 Å². The third-order valence-electron chi connectivity index (χ3n) is 2.73. The highest BCUT2D eigenvalue weighted by Crippen LogP contribution is 2.08. The van der Waals surface area contributed by atoms with Crippen molar-refractivity contribution < 1.29 is 4.42 Å². The third kappa shape index (κ3) is 4.79. The Balaban J connectivity index is 2.23. The number of rotatable bonds is 7. The van der Waals surface area contributed by atoms with Crippen LogP contribution in [0.2, 0.25) is 0 Å². The molecule has 0 aliphatic rings. The summed E-state index contributed by atoms with van der Waals surface area (Å²) in [6, 6.07) is 0.527. The molecule has 0 spiro atoms. The van der Waals surface area contributed by atoms with Gasteiger partial charge < -0.3 is 9.73 Å². The van der Waals surface area contributed by atoms with Crippen molar-refractivity contribution in [1.29, 1.82) is 0 Å². The molecule has 16 heavy (non-hydrogen) atoms. The molecule has 0 amide bonds.